The van der Waals surface area contributed by atoms with Crippen LogP contribution < -0.4 is 15.0 Å². The first kappa shape index (κ1) is 22.0. The lowest BCUT2D eigenvalue weighted by Crippen LogP contribution is -2.58. The number of benzene rings is 2. The monoisotopic (exact) mass is 441 g/mol. The van der Waals surface area contributed by atoms with Crippen LogP contribution >= 0.6 is 11.6 Å². The van der Waals surface area contributed by atoms with Crippen molar-refractivity contribution in [1.29, 1.82) is 0 Å². The van der Waals surface area contributed by atoms with Crippen molar-refractivity contribution >= 4 is 23.0 Å². The van der Waals surface area contributed by atoms with Gasteiger partial charge in [0, 0.05) is 53.8 Å². The highest BCUT2D eigenvalue weighted by Crippen LogP contribution is 2.29. The highest BCUT2D eigenvalue weighted by Gasteiger charge is 2.31. The third-order valence-corrected chi connectivity index (χ3v) is 6.49. The molecule has 0 amide bonds. The molecule has 0 bridgehead atoms. The van der Waals surface area contributed by atoms with E-state index in [1.807, 2.05) is 24.3 Å². The number of allylic oxidation sites excluding steroid dienone is 1. The van der Waals surface area contributed by atoms with Gasteiger partial charge in [-0.1, -0.05) is 18.2 Å². The number of ether oxygens (including phenoxy) is 1. The zero-order valence-electron chi connectivity index (χ0n) is 18.4. The lowest BCUT2D eigenvalue weighted by molar-refractivity contribution is 0.0318. The third-order valence-electron chi connectivity index (χ3n) is 6.24. The molecule has 2 aliphatic heterocycles. The molecule has 0 spiro atoms. The molecule has 4 rings (SSSR count). The molecule has 3 atom stereocenters. The Labute approximate surface area is 190 Å². The summed E-state index contributed by atoms with van der Waals surface area (Å²) in [5.41, 5.74) is 4.58. The Balaban J connectivity index is 1.30. The van der Waals surface area contributed by atoms with E-state index < -0.39 is 6.10 Å². The Morgan fingerprint density at radius 2 is 1.84 bits per heavy atom. The van der Waals surface area contributed by atoms with Crippen molar-refractivity contribution in [1.82, 2.24) is 4.90 Å². The predicted molar refractivity (Wildman–Crippen MR) is 128 cm³/mol. The molecule has 5 nitrogen and oxygen atoms in total. The minimum atomic E-state index is -0.541. The SMILES string of the molecule is C=C1CCc2cc(OCC(O)CN3C(C)CN(c4ccc(Cl)cc4)CC3C)ccc2N1. The van der Waals surface area contributed by atoms with Crippen LogP contribution in [-0.4, -0.2) is 54.4 Å². The number of hydrogen-bond donors (Lipinski definition) is 2. The molecule has 1 saturated heterocycles. The molecule has 3 unspecified atom stereocenters. The van der Waals surface area contributed by atoms with Crippen LogP contribution in [0.4, 0.5) is 11.4 Å². The number of anilines is 2. The summed E-state index contributed by atoms with van der Waals surface area (Å²) in [6.45, 7) is 11.2. The van der Waals surface area contributed by atoms with Crippen molar-refractivity contribution in [3.63, 3.8) is 0 Å². The molecule has 0 aromatic heterocycles. The maximum absolute atomic E-state index is 10.7. The zero-order chi connectivity index (χ0) is 22.0. The molecule has 0 radical (unpaired) electrons. The molecule has 31 heavy (non-hydrogen) atoms. The van der Waals surface area contributed by atoms with E-state index in [1.165, 1.54) is 11.3 Å². The zero-order valence-corrected chi connectivity index (χ0v) is 19.1. The van der Waals surface area contributed by atoms with Gasteiger partial charge in [0.25, 0.3) is 0 Å². The Hall–Kier alpha value is -2.21. The smallest absolute Gasteiger partial charge is 0.119 e. The van der Waals surface area contributed by atoms with E-state index in [1.54, 1.807) is 0 Å². The van der Waals surface area contributed by atoms with E-state index in [-0.39, 0.29) is 6.61 Å². The average molecular weight is 442 g/mol. The van der Waals surface area contributed by atoms with Crippen molar-refractivity contribution in [3.05, 3.63) is 65.3 Å². The van der Waals surface area contributed by atoms with Crippen LogP contribution in [0.2, 0.25) is 5.02 Å². The van der Waals surface area contributed by atoms with Crippen LogP contribution in [0.25, 0.3) is 0 Å². The van der Waals surface area contributed by atoms with E-state index in [0.29, 0.717) is 18.6 Å². The summed E-state index contributed by atoms with van der Waals surface area (Å²) in [7, 11) is 0. The standard InChI is InChI=1S/C25H32ClN3O2/c1-17-4-5-20-12-24(10-11-25(20)27-17)31-16-23(30)15-29-18(2)13-28(14-19(29)3)22-8-6-21(26)7-9-22/h6-12,18-19,23,27,30H,1,4-5,13-16H2,2-3H3. The third kappa shape index (κ3) is 5.35. The van der Waals surface area contributed by atoms with Crippen LogP contribution in [0.15, 0.2) is 54.7 Å². The van der Waals surface area contributed by atoms with Gasteiger partial charge in [-0.2, -0.15) is 0 Å². The van der Waals surface area contributed by atoms with Crippen molar-refractivity contribution < 1.29 is 9.84 Å². The average Bonchev–Trinajstić information content (AvgIpc) is 2.75. The molecular formula is C25H32ClN3O2. The second-order valence-electron chi connectivity index (χ2n) is 8.79. The minimum absolute atomic E-state index is 0.287. The molecule has 2 aromatic rings. The van der Waals surface area contributed by atoms with Crippen LogP contribution in [-0.2, 0) is 6.42 Å². The van der Waals surface area contributed by atoms with Crippen LogP contribution in [0, 0.1) is 0 Å². The molecule has 2 N–H and O–H groups in total. The van der Waals surface area contributed by atoms with Crippen LogP contribution in [0.1, 0.15) is 25.8 Å². The molecule has 0 aliphatic carbocycles. The summed E-state index contributed by atoms with van der Waals surface area (Å²) in [4.78, 5) is 4.77. The van der Waals surface area contributed by atoms with Crippen molar-refractivity contribution in [2.75, 3.05) is 36.5 Å². The Kier molecular flexibility index (Phi) is 6.75. The summed E-state index contributed by atoms with van der Waals surface area (Å²) < 4.78 is 5.92. The fraction of sp³-hybridized carbons (Fsp3) is 0.440. The molecule has 0 saturated carbocycles. The maximum Gasteiger partial charge on any atom is 0.119 e. The van der Waals surface area contributed by atoms with Crippen molar-refractivity contribution in [3.8, 4) is 5.75 Å². The Morgan fingerprint density at radius 1 is 1.13 bits per heavy atom. The number of aliphatic hydroxyl groups excluding tert-OH is 1. The van der Waals surface area contributed by atoms with Gasteiger partial charge < -0.3 is 20.1 Å². The maximum atomic E-state index is 10.7. The second-order valence-corrected chi connectivity index (χ2v) is 9.23. The van der Waals surface area contributed by atoms with Crippen molar-refractivity contribution in [2.45, 2.75) is 44.9 Å². The first-order valence-corrected chi connectivity index (χ1v) is 11.4. The molecule has 6 heteroatoms. The molecule has 2 heterocycles. The molecule has 166 valence electrons. The number of nitrogens with zero attached hydrogens (tertiary/aromatic N) is 2. The largest absolute Gasteiger partial charge is 0.491 e. The number of nitrogens with one attached hydrogen (secondary N) is 1. The highest BCUT2D eigenvalue weighted by molar-refractivity contribution is 6.30. The number of hydrogen-bond acceptors (Lipinski definition) is 5. The normalized spacial score (nSPS) is 22.6. The number of halogens is 1. The van der Waals surface area contributed by atoms with Gasteiger partial charge in [0.2, 0.25) is 0 Å². The van der Waals surface area contributed by atoms with Gasteiger partial charge in [-0.3, -0.25) is 4.90 Å². The van der Waals surface area contributed by atoms with Gasteiger partial charge in [0.05, 0.1) is 0 Å². The molecule has 2 aromatic carbocycles. The van der Waals surface area contributed by atoms with Crippen molar-refractivity contribution in [2.24, 2.45) is 0 Å². The van der Waals surface area contributed by atoms with Crippen LogP contribution in [0.5, 0.6) is 5.75 Å². The first-order chi connectivity index (χ1) is 14.9. The van der Waals surface area contributed by atoms with E-state index >= 15 is 0 Å². The van der Waals surface area contributed by atoms with Gasteiger partial charge >= 0.3 is 0 Å². The van der Waals surface area contributed by atoms with E-state index in [4.69, 9.17) is 16.3 Å². The quantitative estimate of drug-likeness (QED) is 0.688. The minimum Gasteiger partial charge on any atom is -0.491 e. The fourth-order valence-electron chi connectivity index (χ4n) is 4.59. The summed E-state index contributed by atoms with van der Waals surface area (Å²) in [6.07, 6.45) is 1.37. The number of aryl methyl sites for hydroxylation is 1. The Morgan fingerprint density at radius 3 is 2.55 bits per heavy atom. The van der Waals surface area contributed by atoms with Gasteiger partial charge in [0.15, 0.2) is 0 Å². The molecule has 1 fully saturated rings. The van der Waals surface area contributed by atoms with Gasteiger partial charge in [-0.25, -0.2) is 0 Å². The summed E-state index contributed by atoms with van der Waals surface area (Å²) in [5.74, 6) is 0.806. The van der Waals surface area contributed by atoms with Gasteiger partial charge in [-0.05, 0) is 74.7 Å². The van der Waals surface area contributed by atoms with E-state index in [0.717, 1.165) is 48.1 Å². The molecular weight excluding hydrogens is 410 g/mol. The fourth-order valence-corrected chi connectivity index (χ4v) is 4.72. The lowest BCUT2D eigenvalue weighted by Gasteiger charge is -2.46. The number of β-amino-alcohol motifs (C(OH)–C–C–N with tert-alkyl or cyclic N) is 1. The summed E-state index contributed by atoms with van der Waals surface area (Å²) in [6, 6.07) is 14.7. The number of piperazine rings is 1. The predicted octanol–water partition coefficient (Wildman–Crippen LogP) is 4.55. The van der Waals surface area contributed by atoms with Gasteiger partial charge in [-0.15, -0.1) is 0 Å². The summed E-state index contributed by atoms with van der Waals surface area (Å²) in [5, 5.41) is 14.7. The summed E-state index contributed by atoms with van der Waals surface area (Å²) >= 11 is 6.03. The number of aliphatic hydroxyl groups is 1. The topological polar surface area (TPSA) is 48.0 Å². The molecule has 2 aliphatic rings. The van der Waals surface area contributed by atoms with E-state index in [9.17, 15) is 5.11 Å². The second kappa shape index (κ2) is 9.51. The Bertz CT molecular complexity index is 905. The number of rotatable bonds is 6. The highest BCUT2D eigenvalue weighted by atomic mass is 35.5. The van der Waals surface area contributed by atoms with Crippen LogP contribution in [0.3, 0.4) is 0 Å². The lowest BCUT2D eigenvalue weighted by atomic mass is 10.0. The number of fused-ring (bicyclic) bond motifs is 1. The first-order valence-electron chi connectivity index (χ1n) is 11.0. The van der Waals surface area contributed by atoms with Gasteiger partial charge in [0.1, 0.15) is 18.5 Å². The van der Waals surface area contributed by atoms with E-state index in [2.05, 4.69) is 53.7 Å².